The van der Waals surface area contributed by atoms with Crippen molar-refractivity contribution in [1.82, 2.24) is 0 Å². The lowest BCUT2D eigenvalue weighted by Crippen LogP contribution is -1.96. The lowest BCUT2D eigenvalue weighted by atomic mass is 10.3. The Morgan fingerprint density at radius 2 is 2.29 bits per heavy atom. The highest BCUT2D eigenvalue weighted by atomic mass is 35.5. The highest BCUT2D eigenvalue weighted by molar-refractivity contribution is 7.99. The molecule has 0 heterocycles. The van der Waals surface area contributed by atoms with Crippen LogP contribution in [-0.4, -0.2) is 10.7 Å². The fourth-order valence-electron chi connectivity index (χ4n) is 0.983. The summed E-state index contributed by atoms with van der Waals surface area (Å²) in [5.74, 6) is 0.844. The molecule has 2 N–H and O–H groups in total. The topological polar surface area (TPSA) is 69.2 Å². The number of nitro benzene ring substituents is 1. The van der Waals surface area contributed by atoms with Crippen LogP contribution in [0.4, 0.5) is 11.4 Å². The molecule has 0 bridgehead atoms. The maximum Gasteiger partial charge on any atom is 0.293 e. The molecule has 6 heteroatoms. The van der Waals surface area contributed by atoms with Crippen LogP contribution in [0, 0.1) is 10.1 Å². The van der Waals surface area contributed by atoms with Crippen molar-refractivity contribution < 1.29 is 4.92 Å². The SMILES string of the molecule is CCSc1cc(N)c([N+](=O)[O-])cc1Cl. The number of nitrogens with two attached hydrogens (primary N) is 1. The fourth-order valence-corrected chi connectivity index (χ4v) is 2.02. The summed E-state index contributed by atoms with van der Waals surface area (Å²) < 4.78 is 0. The van der Waals surface area contributed by atoms with Gasteiger partial charge in [-0.15, -0.1) is 11.8 Å². The van der Waals surface area contributed by atoms with Gasteiger partial charge >= 0.3 is 0 Å². The van der Waals surface area contributed by atoms with E-state index in [9.17, 15) is 10.1 Å². The number of nitrogen functional groups attached to an aromatic ring is 1. The Morgan fingerprint density at radius 3 is 2.79 bits per heavy atom. The van der Waals surface area contributed by atoms with Crippen molar-refractivity contribution in [1.29, 1.82) is 0 Å². The van der Waals surface area contributed by atoms with Crippen molar-refractivity contribution in [3.8, 4) is 0 Å². The van der Waals surface area contributed by atoms with E-state index >= 15 is 0 Å². The summed E-state index contributed by atoms with van der Waals surface area (Å²) in [5, 5.41) is 10.9. The predicted octanol–water partition coefficient (Wildman–Crippen LogP) is 2.94. The monoisotopic (exact) mass is 232 g/mol. The van der Waals surface area contributed by atoms with Crippen molar-refractivity contribution in [2.75, 3.05) is 11.5 Å². The molecule has 1 rings (SSSR count). The molecule has 0 aliphatic heterocycles. The van der Waals surface area contributed by atoms with Crippen LogP contribution in [0.2, 0.25) is 5.02 Å². The first-order valence-corrected chi connectivity index (χ1v) is 5.28. The molecule has 0 atom stereocenters. The fraction of sp³-hybridized carbons (Fsp3) is 0.250. The highest BCUT2D eigenvalue weighted by Gasteiger charge is 2.14. The van der Waals surface area contributed by atoms with Gasteiger partial charge in [0, 0.05) is 11.0 Å². The maximum atomic E-state index is 10.5. The minimum atomic E-state index is -0.540. The second kappa shape index (κ2) is 4.52. The summed E-state index contributed by atoms with van der Waals surface area (Å²) in [4.78, 5) is 10.7. The minimum Gasteiger partial charge on any atom is -0.393 e. The van der Waals surface area contributed by atoms with E-state index in [-0.39, 0.29) is 11.4 Å². The van der Waals surface area contributed by atoms with E-state index in [1.165, 1.54) is 23.9 Å². The first-order chi connectivity index (χ1) is 6.56. The minimum absolute atomic E-state index is 0.143. The normalized spacial score (nSPS) is 10.1. The Balaban J connectivity index is 3.17. The summed E-state index contributed by atoms with van der Waals surface area (Å²) in [7, 11) is 0. The molecule has 0 aromatic heterocycles. The van der Waals surface area contributed by atoms with Crippen LogP contribution in [0.1, 0.15) is 6.92 Å². The van der Waals surface area contributed by atoms with Gasteiger partial charge in [-0.05, 0) is 11.8 Å². The van der Waals surface area contributed by atoms with Gasteiger partial charge in [-0.2, -0.15) is 0 Å². The lowest BCUT2D eigenvalue weighted by molar-refractivity contribution is -0.383. The van der Waals surface area contributed by atoms with E-state index in [1.54, 1.807) is 0 Å². The molecule has 1 aromatic carbocycles. The summed E-state index contributed by atoms with van der Waals surface area (Å²) in [6.45, 7) is 1.97. The molecule has 14 heavy (non-hydrogen) atoms. The van der Waals surface area contributed by atoms with E-state index in [0.29, 0.717) is 5.02 Å². The molecule has 0 fully saturated rings. The van der Waals surface area contributed by atoms with Gasteiger partial charge in [-0.1, -0.05) is 18.5 Å². The van der Waals surface area contributed by atoms with Crippen LogP contribution in [0.5, 0.6) is 0 Å². The zero-order valence-electron chi connectivity index (χ0n) is 7.49. The Morgan fingerprint density at radius 1 is 1.64 bits per heavy atom. The van der Waals surface area contributed by atoms with E-state index in [2.05, 4.69) is 0 Å². The zero-order valence-corrected chi connectivity index (χ0v) is 9.06. The number of nitro groups is 1. The smallest absolute Gasteiger partial charge is 0.293 e. The third kappa shape index (κ3) is 2.30. The molecule has 4 nitrogen and oxygen atoms in total. The number of hydrogen-bond acceptors (Lipinski definition) is 4. The standard InChI is InChI=1S/C8H9ClN2O2S/c1-2-14-8-4-6(10)7(11(12)13)3-5(8)9/h3-4H,2,10H2,1H3. The Hall–Kier alpha value is -0.940. The van der Waals surface area contributed by atoms with Gasteiger partial charge in [-0.25, -0.2) is 0 Å². The molecule has 0 aliphatic carbocycles. The van der Waals surface area contributed by atoms with Gasteiger partial charge in [0.15, 0.2) is 0 Å². The summed E-state index contributed by atoms with van der Waals surface area (Å²) in [5.41, 5.74) is 5.51. The highest BCUT2D eigenvalue weighted by Crippen LogP contribution is 2.34. The summed E-state index contributed by atoms with van der Waals surface area (Å²) in [6, 6.07) is 2.82. The molecule has 0 aliphatic rings. The Labute approximate surface area is 90.6 Å². The lowest BCUT2D eigenvalue weighted by Gasteiger charge is -2.03. The van der Waals surface area contributed by atoms with Crippen LogP contribution in [-0.2, 0) is 0 Å². The van der Waals surface area contributed by atoms with Gasteiger partial charge in [0.05, 0.1) is 9.95 Å². The average Bonchev–Trinajstić information content (AvgIpc) is 2.10. The van der Waals surface area contributed by atoms with Gasteiger partial charge in [0.2, 0.25) is 0 Å². The second-order valence-electron chi connectivity index (χ2n) is 2.53. The number of halogens is 1. The van der Waals surface area contributed by atoms with Crippen LogP contribution >= 0.6 is 23.4 Å². The van der Waals surface area contributed by atoms with Crippen molar-refractivity contribution >= 4 is 34.7 Å². The Bertz CT molecular complexity index is 371. The van der Waals surface area contributed by atoms with Crippen molar-refractivity contribution in [2.24, 2.45) is 0 Å². The first-order valence-electron chi connectivity index (χ1n) is 3.92. The molecule has 0 saturated heterocycles. The van der Waals surface area contributed by atoms with E-state index in [0.717, 1.165) is 10.6 Å². The van der Waals surface area contributed by atoms with Crippen LogP contribution < -0.4 is 5.73 Å². The number of thioether (sulfide) groups is 1. The van der Waals surface area contributed by atoms with Crippen molar-refractivity contribution in [3.05, 3.63) is 27.3 Å². The number of hydrogen-bond donors (Lipinski definition) is 1. The quantitative estimate of drug-likeness (QED) is 0.377. The van der Waals surface area contributed by atoms with Crippen LogP contribution in [0.25, 0.3) is 0 Å². The molecule has 1 aromatic rings. The van der Waals surface area contributed by atoms with Gasteiger partial charge < -0.3 is 5.73 Å². The van der Waals surface area contributed by atoms with E-state index in [4.69, 9.17) is 17.3 Å². The zero-order chi connectivity index (χ0) is 10.7. The Kier molecular flexibility index (Phi) is 3.60. The molecule has 0 amide bonds. The van der Waals surface area contributed by atoms with Crippen LogP contribution in [0.15, 0.2) is 17.0 Å². The van der Waals surface area contributed by atoms with Gasteiger partial charge in [0.1, 0.15) is 5.69 Å². The predicted molar refractivity (Wildman–Crippen MR) is 58.9 cm³/mol. The van der Waals surface area contributed by atoms with Crippen molar-refractivity contribution in [2.45, 2.75) is 11.8 Å². The van der Waals surface area contributed by atoms with Crippen molar-refractivity contribution in [3.63, 3.8) is 0 Å². The number of benzene rings is 1. The van der Waals surface area contributed by atoms with Crippen LogP contribution in [0.3, 0.4) is 0 Å². The molecule has 76 valence electrons. The summed E-state index contributed by atoms with van der Waals surface area (Å²) in [6.07, 6.45) is 0. The molecule has 0 spiro atoms. The molecular formula is C8H9ClN2O2S. The second-order valence-corrected chi connectivity index (χ2v) is 4.24. The third-order valence-electron chi connectivity index (χ3n) is 1.58. The van der Waals surface area contributed by atoms with E-state index in [1.807, 2.05) is 6.92 Å². The molecule has 0 unspecified atom stereocenters. The average molecular weight is 233 g/mol. The molecular weight excluding hydrogens is 224 g/mol. The number of rotatable bonds is 3. The third-order valence-corrected chi connectivity index (χ3v) is 2.94. The first kappa shape index (κ1) is 11.1. The largest absolute Gasteiger partial charge is 0.393 e. The van der Waals surface area contributed by atoms with Gasteiger partial charge in [-0.3, -0.25) is 10.1 Å². The molecule has 0 saturated carbocycles. The number of anilines is 1. The summed E-state index contributed by atoms with van der Waals surface area (Å²) >= 11 is 7.35. The van der Waals surface area contributed by atoms with E-state index < -0.39 is 4.92 Å². The van der Waals surface area contributed by atoms with Gasteiger partial charge in [0.25, 0.3) is 5.69 Å². The molecule has 0 radical (unpaired) electrons. The maximum absolute atomic E-state index is 10.5. The number of nitrogens with zero attached hydrogens (tertiary/aromatic N) is 1.